The van der Waals surface area contributed by atoms with Gasteiger partial charge in [-0.25, -0.2) is 9.97 Å². The van der Waals surface area contributed by atoms with Crippen molar-refractivity contribution in [1.29, 1.82) is 0 Å². The number of ketones is 1. The number of rotatable bonds is 8. The molecule has 3 aromatic rings. The number of amides is 1. The van der Waals surface area contributed by atoms with E-state index in [0.29, 0.717) is 17.1 Å². The van der Waals surface area contributed by atoms with E-state index in [1.165, 1.54) is 17.1 Å². The molecule has 3 aromatic heterocycles. The predicted molar refractivity (Wildman–Crippen MR) is 136 cm³/mol. The van der Waals surface area contributed by atoms with Crippen molar-refractivity contribution in [1.82, 2.24) is 25.0 Å². The molecule has 1 fully saturated rings. The number of anilines is 4. The Hall–Kier alpha value is -4.23. The number of halogens is 3. The maximum absolute atomic E-state index is 13.1. The van der Waals surface area contributed by atoms with Gasteiger partial charge in [0.25, 0.3) is 0 Å². The van der Waals surface area contributed by atoms with E-state index in [-0.39, 0.29) is 52.1 Å². The van der Waals surface area contributed by atoms with E-state index < -0.39 is 31.8 Å². The number of fused-ring (bicyclic) bond motifs is 3. The number of aryl methyl sites for hydroxylation is 1. The standard InChI is InChI=1S/C25H27F3N8O3/c1-5-16(37)14-9-29-18(32-24(38)13-6-7-13)8-15(14)31-23-22-19(17(10-30-23)39-11-25(26,27)28)21-20(12(2)35(22)3)33-36(4)34-21/h8-10,12-13H,5-7,11H2,1-4H3,(H2,29,30,31,32,38)/t12-/m0/s1/i1D3. The zero-order valence-electron chi connectivity index (χ0n) is 24.3. The fourth-order valence-electron chi connectivity index (χ4n) is 4.32. The Bertz CT molecular complexity index is 1560. The normalized spacial score (nSPS) is 17.8. The van der Waals surface area contributed by atoms with Crippen LogP contribution in [0.5, 0.6) is 5.75 Å². The van der Waals surface area contributed by atoms with Gasteiger partial charge in [0, 0.05) is 42.8 Å². The highest BCUT2D eigenvalue weighted by Crippen LogP contribution is 2.50. The molecule has 0 bridgehead atoms. The summed E-state index contributed by atoms with van der Waals surface area (Å²) in [6.07, 6.45) is -1.61. The number of carbonyl (C=O) groups is 2. The van der Waals surface area contributed by atoms with Crippen LogP contribution in [0.2, 0.25) is 0 Å². The van der Waals surface area contributed by atoms with E-state index in [0.717, 1.165) is 19.0 Å². The summed E-state index contributed by atoms with van der Waals surface area (Å²) >= 11 is 0. The highest BCUT2D eigenvalue weighted by molar-refractivity contribution is 6.03. The average molecular weight is 548 g/mol. The number of aromatic nitrogens is 5. The molecular weight excluding hydrogens is 517 g/mol. The third-order valence-corrected chi connectivity index (χ3v) is 6.53. The molecule has 39 heavy (non-hydrogen) atoms. The number of carbonyl (C=O) groups excluding carboxylic acids is 2. The molecule has 206 valence electrons. The van der Waals surface area contributed by atoms with Crippen molar-refractivity contribution in [3.8, 4) is 17.0 Å². The molecule has 0 saturated heterocycles. The van der Waals surface area contributed by atoms with E-state index in [1.807, 2.05) is 6.92 Å². The molecule has 0 spiro atoms. The second-order valence-electron chi connectivity index (χ2n) is 9.41. The van der Waals surface area contributed by atoms with Crippen molar-refractivity contribution >= 4 is 34.7 Å². The lowest BCUT2D eigenvalue weighted by Crippen LogP contribution is -2.28. The van der Waals surface area contributed by atoms with E-state index in [1.54, 1.807) is 19.0 Å². The molecule has 1 aliphatic carbocycles. The lowest BCUT2D eigenvalue weighted by Gasteiger charge is -2.34. The largest absolute Gasteiger partial charge is 0.482 e. The van der Waals surface area contributed by atoms with Gasteiger partial charge >= 0.3 is 6.18 Å². The zero-order chi connectivity index (χ0) is 30.6. The highest BCUT2D eigenvalue weighted by atomic mass is 19.4. The maximum atomic E-state index is 13.1. The van der Waals surface area contributed by atoms with Crippen LogP contribution in [0.25, 0.3) is 11.3 Å². The second-order valence-corrected chi connectivity index (χ2v) is 9.41. The van der Waals surface area contributed by atoms with Crippen LogP contribution < -0.4 is 20.3 Å². The minimum absolute atomic E-state index is 0.0739. The number of Topliss-reactive ketones (excluding diaryl/α,β-unsaturated/α-hetero) is 1. The molecule has 5 rings (SSSR count). The number of ether oxygens (including phenoxy) is 1. The molecule has 4 heterocycles. The van der Waals surface area contributed by atoms with Gasteiger partial charge in [0.15, 0.2) is 18.2 Å². The van der Waals surface area contributed by atoms with E-state index in [9.17, 15) is 22.8 Å². The number of alkyl halides is 3. The summed E-state index contributed by atoms with van der Waals surface area (Å²) in [7, 11) is 3.27. The van der Waals surface area contributed by atoms with Crippen LogP contribution in [-0.2, 0) is 11.8 Å². The Labute approximate surface area is 226 Å². The summed E-state index contributed by atoms with van der Waals surface area (Å²) in [5.41, 5.74) is 1.33. The zero-order valence-corrected chi connectivity index (χ0v) is 21.3. The fourth-order valence-corrected chi connectivity index (χ4v) is 4.32. The lowest BCUT2D eigenvalue weighted by molar-refractivity contribution is -0.153. The van der Waals surface area contributed by atoms with Crippen molar-refractivity contribution in [3.05, 3.63) is 29.7 Å². The first kappa shape index (κ1) is 22.7. The number of nitrogens with zero attached hydrogens (tertiary/aromatic N) is 6. The molecule has 11 nitrogen and oxygen atoms in total. The third-order valence-electron chi connectivity index (χ3n) is 6.53. The number of hydrogen-bond acceptors (Lipinski definition) is 9. The first-order valence-electron chi connectivity index (χ1n) is 13.6. The van der Waals surface area contributed by atoms with Gasteiger partial charge in [-0.2, -0.15) is 28.2 Å². The molecule has 2 N–H and O–H groups in total. The molecule has 1 amide bonds. The molecule has 0 radical (unpaired) electrons. The summed E-state index contributed by atoms with van der Waals surface area (Å²) < 4.78 is 67.0. The Balaban J connectivity index is 1.62. The van der Waals surface area contributed by atoms with Crippen LogP contribution in [0.1, 0.15) is 59.2 Å². The van der Waals surface area contributed by atoms with Gasteiger partial charge in [-0.05, 0) is 19.8 Å². The Morgan fingerprint density at radius 1 is 1.21 bits per heavy atom. The first-order chi connectivity index (χ1) is 19.6. The minimum Gasteiger partial charge on any atom is -0.482 e. The molecule has 0 aromatic carbocycles. The Morgan fingerprint density at radius 2 is 1.97 bits per heavy atom. The molecule has 1 aliphatic heterocycles. The first-order valence-corrected chi connectivity index (χ1v) is 12.1. The van der Waals surface area contributed by atoms with Crippen molar-refractivity contribution < 1.29 is 31.6 Å². The van der Waals surface area contributed by atoms with Gasteiger partial charge in [0.05, 0.1) is 34.7 Å². The molecule has 1 saturated carbocycles. The molecular formula is C25H27F3N8O3. The third kappa shape index (κ3) is 5.22. The van der Waals surface area contributed by atoms with Crippen LogP contribution in [-0.4, -0.2) is 56.5 Å². The van der Waals surface area contributed by atoms with Crippen LogP contribution in [0.4, 0.5) is 36.2 Å². The molecule has 1 atom stereocenters. The van der Waals surface area contributed by atoms with Crippen LogP contribution >= 0.6 is 0 Å². The smallest absolute Gasteiger partial charge is 0.422 e. The summed E-state index contributed by atoms with van der Waals surface area (Å²) in [6.45, 7) is -2.29. The van der Waals surface area contributed by atoms with Crippen molar-refractivity contribution in [3.63, 3.8) is 0 Å². The average Bonchev–Trinajstić information content (AvgIpc) is 3.66. The molecule has 14 heteroatoms. The van der Waals surface area contributed by atoms with E-state index >= 15 is 0 Å². The van der Waals surface area contributed by atoms with Gasteiger partial charge in [-0.3, -0.25) is 9.59 Å². The molecule has 0 unspecified atom stereocenters. The predicted octanol–water partition coefficient (Wildman–Crippen LogP) is 4.41. The topological polar surface area (TPSA) is 127 Å². The number of nitrogens with one attached hydrogen (secondary N) is 2. The van der Waals surface area contributed by atoms with E-state index in [4.69, 9.17) is 8.85 Å². The van der Waals surface area contributed by atoms with Crippen LogP contribution in [0.3, 0.4) is 0 Å². The Kier molecular flexibility index (Phi) is 5.72. The molecule has 2 aliphatic rings. The van der Waals surface area contributed by atoms with Gasteiger partial charge in [-0.1, -0.05) is 6.85 Å². The number of hydrogen-bond donors (Lipinski definition) is 2. The van der Waals surface area contributed by atoms with E-state index in [2.05, 4.69) is 30.8 Å². The monoisotopic (exact) mass is 547 g/mol. The SMILES string of the molecule is [2H]C([2H])([2H])CC(=O)c1cnc(NC(=O)C2CC2)cc1Nc1ncc(OCC(F)(F)F)c2c1N(C)[C@@H](C)c1nn(C)nc1-2. The van der Waals surface area contributed by atoms with Crippen molar-refractivity contribution in [2.45, 2.75) is 45.3 Å². The quantitative estimate of drug-likeness (QED) is 0.394. The van der Waals surface area contributed by atoms with Crippen LogP contribution in [0.15, 0.2) is 18.5 Å². The lowest BCUT2D eigenvalue weighted by atomic mass is 9.97. The Morgan fingerprint density at radius 3 is 2.67 bits per heavy atom. The van der Waals surface area contributed by atoms with Gasteiger partial charge < -0.3 is 20.3 Å². The van der Waals surface area contributed by atoms with Gasteiger partial charge in [-0.15, -0.1) is 0 Å². The second kappa shape index (κ2) is 9.82. The summed E-state index contributed by atoms with van der Waals surface area (Å²) in [6, 6.07) is 0.999. The van der Waals surface area contributed by atoms with Crippen molar-refractivity contribution in [2.24, 2.45) is 13.0 Å². The van der Waals surface area contributed by atoms with Gasteiger partial charge in [0.1, 0.15) is 23.0 Å². The number of pyridine rings is 2. The summed E-state index contributed by atoms with van der Waals surface area (Å²) in [4.78, 5) is 36.9. The maximum Gasteiger partial charge on any atom is 0.422 e. The highest BCUT2D eigenvalue weighted by Gasteiger charge is 2.37. The summed E-state index contributed by atoms with van der Waals surface area (Å²) in [5, 5.41) is 14.5. The van der Waals surface area contributed by atoms with Crippen LogP contribution in [0, 0.1) is 5.92 Å². The summed E-state index contributed by atoms with van der Waals surface area (Å²) in [5.74, 6) is -1.05. The minimum atomic E-state index is -4.61. The van der Waals surface area contributed by atoms with Crippen molar-refractivity contribution in [2.75, 3.05) is 29.2 Å². The van der Waals surface area contributed by atoms with Gasteiger partial charge in [0.2, 0.25) is 5.91 Å². The fraction of sp³-hybridized carbons (Fsp3) is 0.440.